The third-order valence-electron chi connectivity index (χ3n) is 2.48. The van der Waals surface area contributed by atoms with E-state index in [-0.39, 0.29) is 5.91 Å². The topological polar surface area (TPSA) is 52.9 Å². The SMILES string of the molecule is Cc1ccc(C(=O)NC(C#N)CC(C)C)cc1. The number of carbonyl (C=O) groups excluding carboxylic acids is 1. The van der Waals surface area contributed by atoms with E-state index in [9.17, 15) is 4.79 Å². The van der Waals surface area contributed by atoms with Crippen LogP contribution in [0.1, 0.15) is 36.2 Å². The van der Waals surface area contributed by atoms with Gasteiger partial charge in [-0.15, -0.1) is 0 Å². The van der Waals surface area contributed by atoms with Crippen LogP contribution in [0.5, 0.6) is 0 Å². The maximum absolute atomic E-state index is 11.8. The minimum absolute atomic E-state index is 0.183. The number of benzene rings is 1. The highest BCUT2D eigenvalue weighted by atomic mass is 16.1. The Morgan fingerprint density at radius 2 is 1.94 bits per heavy atom. The van der Waals surface area contributed by atoms with Gasteiger partial charge in [-0.25, -0.2) is 0 Å². The van der Waals surface area contributed by atoms with Gasteiger partial charge in [-0.2, -0.15) is 5.26 Å². The van der Waals surface area contributed by atoms with Gasteiger partial charge in [-0.1, -0.05) is 31.5 Å². The summed E-state index contributed by atoms with van der Waals surface area (Å²) in [6.45, 7) is 6.03. The second kappa shape index (κ2) is 6.05. The predicted molar refractivity (Wildman–Crippen MR) is 67.5 cm³/mol. The predicted octanol–water partition coefficient (Wildman–Crippen LogP) is 2.66. The lowest BCUT2D eigenvalue weighted by Crippen LogP contribution is -2.34. The Morgan fingerprint density at radius 3 is 2.41 bits per heavy atom. The zero-order valence-corrected chi connectivity index (χ0v) is 10.5. The molecule has 0 fully saturated rings. The molecule has 0 heterocycles. The number of carbonyl (C=O) groups is 1. The smallest absolute Gasteiger partial charge is 0.252 e. The van der Waals surface area contributed by atoms with Crippen LogP contribution >= 0.6 is 0 Å². The van der Waals surface area contributed by atoms with Gasteiger partial charge >= 0.3 is 0 Å². The van der Waals surface area contributed by atoms with E-state index in [1.165, 1.54) is 0 Å². The number of nitrogens with one attached hydrogen (secondary N) is 1. The normalized spacial score (nSPS) is 11.9. The summed E-state index contributed by atoms with van der Waals surface area (Å²) in [6.07, 6.45) is 0.675. The van der Waals surface area contributed by atoms with Crippen LogP contribution in [0, 0.1) is 24.2 Å². The van der Waals surface area contributed by atoms with Crippen molar-refractivity contribution in [2.45, 2.75) is 33.2 Å². The van der Waals surface area contributed by atoms with E-state index in [2.05, 4.69) is 11.4 Å². The fraction of sp³-hybridized carbons (Fsp3) is 0.429. The molecule has 1 N–H and O–H groups in total. The molecule has 0 aliphatic rings. The number of hydrogen-bond acceptors (Lipinski definition) is 2. The largest absolute Gasteiger partial charge is 0.336 e. The Balaban J connectivity index is 2.65. The monoisotopic (exact) mass is 230 g/mol. The van der Waals surface area contributed by atoms with E-state index >= 15 is 0 Å². The van der Waals surface area contributed by atoms with Crippen LogP contribution in [0.3, 0.4) is 0 Å². The van der Waals surface area contributed by atoms with Gasteiger partial charge in [0.1, 0.15) is 6.04 Å². The standard InChI is InChI=1S/C14H18N2O/c1-10(2)8-13(9-15)16-14(17)12-6-4-11(3)5-7-12/h4-7,10,13H,8H2,1-3H3,(H,16,17). The molecule has 0 aliphatic carbocycles. The van der Waals surface area contributed by atoms with Crippen LogP contribution in [0.25, 0.3) is 0 Å². The lowest BCUT2D eigenvalue weighted by molar-refractivity contribution is 0.0942. The maximum atomic E-state index is 11.8. The number of rotatable bonds is 4. The lowest BCUT2D eigenvalue weighted by Gasteiger charge is -2.13. The number of nitriles is 1. The first-order valence-electron chi connectivity index (χ1n) is 5.80. The molecular weight excluding hydrogens is 212 g/mol. The minimum Gasteiger partial charge on any atom is -0.336 e. The average Bonchev–Trinajstić information content (AvgIpc) is 2.28. The van der Waals surface area contributed by atoms with Crippen molar-refractivity contribution in [3.05, 3.63) is 35.4 Å². The van der Waals surface area contributed by atoms with Crippen LogP contribution < -0.4 is 5.32 Å². The highest BCUT2D eigenvalue weighted by Gasteiger charge is 2.14. The Labute approximate surface area is 102 Å². The molecule has 0 aliphatic heterocycles. The highest BCUT2D eigenvalue weighted by Crippen LogP contribution is 2.07. The minimum atomic E-state index is -0.413. The van der Waals surface area contributed by atoms with Crippen molar-refractivity contribution in [3.63, 3.8) is 0 Å². The zero-order valence-electron chi connectivity index (χ0n) is 10.5. The third-order valence-corrected chi connectivity index (χ3v) is 2.48. The van der Waals surface area contributed by atoms with Crippen molar-refractivity contribution in [2.24, 2.45) is 5.92 Å². The molecule has 1 atom stereocenters. The van der Waals surface area contributed by atoms with Crippen LogP contribution in [0.2, 0.25) is 0 Å². The molecule has 0 spiro atoms. The van der Waals surface area contributed by atoms with E-state index in [1.54, 1.807) is 12.1 Å². The maximum Gasteiger partial charge on any atom is 0.252 e. The molecule has 0 aromatic heterocycles. The molecule has 17 heavy (non-hydrogen) atoms. The quantitative estimate of drug-likeness (QED) is 0.864. The third kappa shape index (κ3) is 4.28. The first-order valence-corrected chi connectivity index (χ1v) is 5.80. The Bertz CT molecular complexity index is 415. The first kappa shape index (κ1) is 13.2. The van der Waals surface area contributed by atoms with Crippen molar-refractivity contribution in [1.29, 1.82) is 5.26 Å². The second-order valence-corrected chi connectivity index (χ2v) is 4.65. The Hall–Kier alpha value is -1.82. The summed E-state index contributed by atoms with van der Waals surface area (Å²) in [7, 11) is 0. The number of nitrogens with zero attached hydrogens (tertiary/aromatic N) is 1. The molecule has 0 bridgehead atoms. The van der Waals surface area contributed by atoms with Crippen molar-refractivity contribution in [2.75, 3.05) is 0 Å². The van der Waals surface area contributed by atoms with Crippen LogP contribution in [-0.2, 0) is 0 Å². The first-order chi connectivity index (χ1) is 8.02. The van der Waals surface area contributed by atoms with Gasteiger partial charge in [0.15, 0.2) is 0 Å². The summed E-state index contributed by atoms with van der Waals surface area (Å²) in [5, 5.41) is 11.7. The molecule has 1 unspecified atom stereocenters. The molecule has 90 valence electrons. The number of amides is 1. The fourth-order valence-electron chi connectivity index (χ4n) is 1.56. The number of hydrogen-bond donors (Lipinski definition) is 1. The van der Waals surface area contributed by atoms with E-state index in [0.717, 1.165) is 5.56 Å². The van der Waals surface area contributed by atoms with Crippen LogP contribution in [0.15, 0.2) is 24.3 Å². The van der Waals surface area contributed by atoms with Crippen molar-refractivity contribution >= 4 is 5.91 Å². The number of aryl methyl sites for hydroxylation is 1. The van der Waals surface area contributed by atoms with Gasteiger partial charge in [-0.3, -0.25) is 4.79 Å². The van der Waals surface area contributed by atoms with E-state index in [0.29, 0.717) is 17.9 Å². The van der Waals surface area contributed by atoms with Gasteiger partial charge in [0, 0.05) is 5.56 Å². The molecule has 1 aromatic carbocycles. The molecule has 1 aromatic rings. The molecule has 0 radical (unpaired) electrons. The molecular formula is C14H18N2O. The highest BCUT2D eigenvalue weighted by molar-refractivity contribution is 5.94. The fourth-order valence-corrected chi connectivity index (χ4v) is 1.56. The molecule has 1 amide bonds. The summed E-state index contributed by atoms with van der Waals surface area (Å²) in [5.74, 6) is 0.204. The molecule has 0 saturated heterocycles. The van der Waals surface area contributed by atoms with E-state index in [4.69, 9.17) is 5.26 Å². The molecule has 0 saturated carbocycles. The zero-order chi connectivity index (χ0) is 12.8. The Kier molecular flexibility index (Phi) is 4.71. The van der Waals surface area contributed by atoms with Gasteiger partial charge in [0.05, 0.1) is 6.07 Å². The molecule has 3 heteroatoms. The summed E-state index contributed by atoms with van der Waals surface area (Å²) in [6, 6.07) is 9.02. The summed E-state index contributed by atoms with van der Waals surface area (Å²) >= 11 is 0. The summed E-state index contributed by atoms with van der Waals surface area (Å²) in [4.78, 5) is 11.8. The summed E-state index contributed by atoms with van der Waals surface area (Å²) < 4.78 is 0. The molecule has 3 nitrogen and oxygen atoms in total. The van der Waals surface area contributed by atoms with E-state index < -0.39 is 6.04 Å². The van der Waals surface area contributed by atoms with Gasteiger partial charge < -0.3 is 5.32 Å². The van der Waals surface area contributed by atoms with Crippen LogP contribution in [0.4, 0.5) is 0 Å². The van der Waals surface area contributed by atoms with Gasteiger partial charge in [0.2, 0.25) is 0 Å². The Morgan fingerprint density at radius 1 is 1.35 bits per heavy atom. The van der Waals surface area contributed by atoms with Crippen molar-refractivity contribution in [1.82, 2.24) is 5.32 Å². The second-order valence-electron chi connectivity index (χ2n) is 4.65. The van der Waals surface area contributed by atoms with E-state index in [1.807, 2.05) is 32.9 Å². The van der Waals surface area contributed by atoms with Gasteiger partial charge in [-0.05, 0) is 31.4 Å². The van der Waals surface area contributed by atoms with Gasteiger partial charge in [0.25, 0.3) is 5.91 Å². The van der Waals surface area contributed by atoms with Crippen molar-refractivity contribution < 1.29 is 4.79 Å². The lowest BCUT2D eigenvalue weighted by atomic mass is 10.0. The van der Waals surface area contributed by atoms with Crippen LogP contribution in [-0.4, -0.2) is 11.9 Å². The average molecular weight is 230 g/mol. The summed E-state index contributed by atoms with van der Waals surface area (Å²) in [5.41, 5.74) is 1.71. The molecule has 1 rings (SSSR count). The van der Waals surface area contributed by atoms with Crippen molar-refractivity contribution in [3.8, 4) is 6.07 Å².